The molecule has 0 atom stereocenters. The second-order valence-electron chi connectivity index (χ2n) is 5.65. The number of pyridine rings is 2. The lowest BCUT2D eigenvalue weighted by Gasteiger charge is -2.10. The topological polar surface area (TPSA) is 61.2 Å². The molecule has 1 aromatic carbocycles. The first kappa shape index (κ1) is 16.8. The Bertz CT molecular complexity index is 994. The van der Waals surface area contributed by atoms with Crippen molar-refractivity contribution >= 4 is 16.9 Å². The number of aromatic nitrogens is 2. The molecule has 0 aliphatic carbocycles. The van der Waals surface area contributed by atoms with Gasteiger partial charge in [-0.15, -0.1) is 0 Å². The molecule has 2 heterocycles. The van der Waals surface area contributed by atoms with E-state index >= 15 is 0 Å². The van der Waals surface area contributed by atoms with Gasteiger partial charge in [-0.1, -0.05) is 12.1 Å². The van der Waals surface area contributed by atoms with E-state index in [0.29, 0.717) is 23.1 Å². The Morgan fingerprint density at radius 1 is 1.24 bits per heavy atom. The molecule has 0 radical (unpaired) electrons. The van der Waals surface area contributed by atoms with E-state index in [4.69, 9.17) is 4.74 Å². The van der Waals surface area contributed by atoms with Gasteiger partial charge >= 0.3 is 5.97 Å². The molecule has 25 heavy (non-hydrogen) atoms. The number of ether oxygens (including phenoxy) is 1. The van der Waals surface area contributed by atoms with Crippen LogP contribution in [0.1, 0.15) is 28.5 Å². The molecule has 0 bridgehead atoms. The molecule has 0 saturated heterocycles. The van der Waals surface area contributed by atoms with Gasteiger partial charge in [-0.2, -0.15) is 0 Å². The molecule has 0 spiro atoms. The fourth-order valence-electron chi connectivity index (χ4n) is 2.63. The van der Waals surface area contributed by atoms with Crippen LogP contribution in [0.2, 0.25) is 0 Å². The van der Waals surface area contributed by atoms with Crippen LogP contribution in [0.15, 0.2) is 47.4 Å². The van der Waals surface area contributed by atoms with Crippen LogP contribution < -0.4 is 5.56 Å². The first-order chi connectivity index (χ1) is 12.0. The lowest BCUT2D eigenvalue weighted by molar-refractivity contribution is 0.0525. The second-order valence-corrected chi connectivity index (χ2v) is 5.65. The molecule has 0 fully saturated rings. The Balaban J connectivity index is 2.06. The van der Waals surface area contributed by atoms with E-state index in [2.05, 4.69) is 4.98 Å². The summed E-state index contributed by atoms with van der Waals surface area (Å²) in [4.78, 5) is 29.1. The van der Waals surface area contributed by atoms with Gasteiger partial charge in [-0.25, -0.2) is 9.18 Å². The number of aryl methyl sites for hydroxylation is 1. The number of carbonyl (C=O) groups is 1. The van der Waals surface area contributed by atoms with Crippen LogP contribution in [-0.4, -0.2) is 22.1 Å². The zero-order valence-corrected chi connectivity index (χ0v) is 14.0. The van der Waals surface area contributed by atoms with Gasteiger partial charge in [0.1, 0.15) is 5.82 Å². The third kappa shape index (κ3) is 3.42. The maximum atomic E-state index is 13.0. The van der Waals surface area contributed by atoms with E-state index in [1.807, 2.05) is 0 Å². The van der Waals surface area contributed by atoms with Gasteiger partial charge in [0.05, 0.1) is 35.3 Å². The second kappa shape index (κ2) is 6.84. The standard InChI is InChI=1S/C19H17FN2O3/c1-3-25-19(24)15-10-16-17(21-12(15)2)8-9-22(18(16)23)11-13-4-6-14(20)7-5-13/h4-10H,3,11H2,1-2H3. The van der Waals surface area contributed by atoms with Gasteiger partial charge < -0.3 is 9.30 Å². The third-order valence-electron chi connectivity index (χ3n) is 3.91. The summed E-state index contributed by atoms with van der Waals surface area (Å²) in [6.45, 7) is 3.98. The van der Waals surface area contributed by atoms with Crippen LogP contribution in [-0.2, 0) is 11.3 Å². The van der Waals surface area contributed by atoms with Crippen LogP contribution in [0.25, 0.3) is 10.9 Å². The van der Waals surface area contributed by atoms with Crippen molar-refractivity contribution in [2.24, 2.45) is 0 Å². The van der Waals surface area contributed by atoms with E-state index in [9.17, 15) is 14.0 Å². The highest BCUT2D eigenvalue weighted by molar-refractivity contribution is 5.94. The summed E-state index contributed by atoms with van der Waals surface area (Å²) in [6.07, 6.45) is 1.64. The molecular formula is C19H17FN2O3. The summed E-state index contributed by atoms with van der Waals surface area (Å²) in [5.74, 6) is -0.823. The number of nitrogens with zero attached hydrogens (tertiary/aromatic N) is 2. The first-order valence-corrected chi connectivity index (χ1v) is 7.92. The van der Waals surface area contributed by atoms with E-state index in [-0.39, 0.29) is 23.5 Å². The molecule has 0 amide bonds. The lowest BCUT2D eigenvalue weighted by atomic mass is 10.1. The summed E-state index contributed by atoms with van der Waals surface area (Å²) in [5.41, 5.74) is 1.85. The maximum absolute atomic E-state index is 13.0. The van der Waals surface area contributed by atoms with Crippen molar-refractivity contribution in [2.45, 2.75) is 20.4 Å². The number of carbonyl (C=O) groups excluding carboxylic acids is 1. The summed E-state index contributed by atoms with van der Waals surface area (Å²) >= 11 is 0. The van der Waals surface area contributed by atoms with Crippen LogP contribution >= 0.6 is 0 Å². The van der Waals surface area contributed by atoms with E-state index in [1.54, 1.807) is 38.2 Å². The quantitative estimate of drug-likeness (QED) is 0.685. The van der Waals surface area contributed by atoms with Crippen LogP contribution in [0.5, 0.6) is 0 Å². The molecular weight excluding hydrogens is 323 g/mol. The number of fused-ring (bicyclic) bond motifs is 1. The van der Waals surface area contributed by atoms with Crippen molar-refractivity contribution < 1.29 is 13.9 Å². The largest absolute Gasteiger partial charge is 0.462 e. The van der Waals surface area contributed by atoms with Crippen LogP contribution in [0.3, 0.4) is 0 Å². The molecule has 3 rings (SSSR count). The Kier molecular flexibility index (Phi) is 4.61. The Hall–Kier alpha value is -3.02. The molecule has 0 saturated carbocycles. The van der Waals surface area contributed by atoms with E-state index < -0.39 is 5.97 Å². The summed E-state index contributed by atoms with van der Waals surface area (Å²) < 4.78 is 19.5. The summed E-state index contributed by atoms with van der Waals surface area (Å²) in [5, 5.41) is 0.346. The number of benzene rings is 1. The van der Waals surface area contributed by atoms with Crippen molar-refractivity contribution in [3.05, 3.63) is 75.6 Å². The van der Waals surface area contributed by atoms with Gasteiger partial charge in [-0.3, -0.25) is 9.78 Å². The monoisotopic (exact) mass is 340 g/mol. The first-order valence-electron chi connectivity index (χ1n) is 7.92. The minimum atomic E-state index is -0.497. The fraction of sp³-hybridized carbons (Fsp3) is 0.211. The van der Waals surface area contributed by atoms with Gasteiger partial charge in [0.25, 0.3) is 5.56 Å². The highest BCUT2D eigenvalue weighted by Gasteiger charge is 2.15. The summed E-state index contributed by atoms with van der Waals surface area (Å²) in [6, 6.07) is 9.21. The number of esters is 1. The SMILES string of the molecule is CCOC(=O)c1cc2c(=O)n(Cc3ccc(F)cc3)ccc2nc1C. The number of rotatable bonds is 4. The lowest BCUT2D eigenvalue weighted by Crippen LogP contribution is -2.21. The van der Waals surface area contributed by atoms with Crippen LogP contribution in [0, 0.1) is 12.7 Å². The number of hydrogen-bond acceptors (Lipinski definition) is 4. The van der Waals surface area contributed by atoms with Gasteiger partial charge in [0, 0.05) is 6.20 Å². The Morgan fingerprint density at radius 2 is 1.96 bits per heavy atom. The molecule has 0 aliphatic heterocycles. The molecule has 0 N–H and O–H groups in total. The Morgan fingerprint density at radius 3 is 2.64 bits per heavy atom. The highest BCUT2D eigenvalue weighted by Crippen LogP contribution is 2.15. The van der Waals surface area contributed by atoms with Crippen molar-refractivity contribution in [1.29, 1.82) is 0 Å². The predicted molar refractivity (Wildman–Crippen MR) is 92.2 cm³/mol. The predicted octanol–water partition coefficient (Wildman–Crippen LogP) is 3.07. The van der Waals surface area contributed by atoms with Crippen molar-refractivity contribution in [1.82, 2.24) is 9.55 Å². The Labute approximate surface area is 143 Å². The minimum absolute atomic E-state index is 0.250. The molecule has 5 nitrogen and oxygen atoms in total. The van der Waals surface area contributed by atoms with E-state index in [1.165, 1.54) is 22.8 Å². The zero-order valence-electron chi connectivity index (χ0n) is 14.0. The number of halogens is 1. The minimum Gasteiger partial charge on any atom is -0.462 e. The van der Waals surface area contributed by atoms with Gasteiger partial charge in [-0.05, 0) is 43.7 Å². The fourth-order valence-corrected chi connectivity index (χ4v) is 2.63. The third-order valence-corrected chi connectivity index (χ3v) is 3.91. The molecule has 128 valence electrons. The highest BCUT2D eigenvalue weighted by atomic mass is 19.1. The van der Waals surface area contributed by atoms with Crippen molar-refractivity contribution in [3.63, 3.8) is 0 Å². The van der Waals surface area contributed by atoms with Crippen molar-refractivity contribution in [2.75, 3.05) is 6.61 Å². The van der Waals surface area contributed by atoms with Gasteiger partial charge in [0.15, 0.2) is 0 Å². The molecule has 6 heteroatoms. The molecule has 2 aromatic heterocycles. The summed E-state index contributed by atoms with van der Waals surface area (Å²) in [7, 11) is 0. The zero-order chi connectivity index (χ0) is 18.0. The number of hydrogen-bond donors (Lipinski definition) is 0. The van der Waals surface area contributed by atoms with Crippen molar-refractivity contribution in [3.8, 4) is 0 Å². The smallest absolute Gasteiger partial charge is 0.339 e. The molecule has 3 aromatic rings. The average molecular weight is 340 g/mol. The van der Waals surface area contributed by atoms with Gasteiger partial charge in [0.2, 0.25) is 0 Å². The maximum Gasteiger partial charge on any atom is 0.339 e. The average Bonchev–Trinajstić information content (AvgIpc) is 2.59. The molecule has 0 aliphatic rings. The van der Waals surface area contributed by atoms with E-state index in [0.717, 1.165) is 5.56 Å². The normalized spacial score (nSPS) is 10.8. The van der Waals surface area contributed by atoms with Crippen LogP contribution in [0.4, 0.5) is 4.39 Å². The molecule has 0 unspecified atom stereocenters.